The molecule has 0 bridgehead atoms. The van der Waals surface area contributed by atoms with Gasteiger partial charge in [-0.3, -0.25) is 4.79 Å². The number of hydrogen-bond acceptors (Lipinski definition) is 5. The van der Waals surface area contributed by atoms with E-state index in [9.17, 15) is 24.4 Å². The number of halogens is 2. The molecule has 1 heterocycles. The maximum atomic E-state index is 12.9. The van der Waals surface area contributed by atoms with Crippen LogP contribution in [0, 0.1) is 0 Å². The van der Waals surface area contributed by atoms with Gasteiger partial charge in [-0.05, 0) is 75.0 Å². The topological polar surface area (TPSA) is 104 Å². The molecular weight excluding hydrogens is 541 g/mol. The van der Waals surface area contributed by atoms with Gasteiger partial charge in [0.2, 0.25) is 0 Å². The van der Waals surface area contributed by atoms with Crippen LogP contribution in [0.2, 0.25) is 0 Å². The van der Waals surface area contributed by atoms with Gasteiger partial charge in [0, 0.05) is 12.1 Å². The Balaban J connectivity index is 1.88. The van der Waals surface area contributed by atoms with Crippen molar-refractivity contribution in [2.45, 2.75) is 25.0 Å². The molecule has 0 aromatic heterocycles. The lowest BCUT2D eigenvalue weighted by molar-refractivity contribution is -0.141. The Kier molecular flexibility index (Phi) is 7.16. The number of nitrogens with zero attached hydrogens (tertiary/aromatic N) is 1. The Hall–Kier alpha value is -1.96. The molecule has 2 aromatic carbocycles. The Bertz CT molecular complexity index is 1010. The number of rotatable bonds is 6. The number of phenolic OH excluding ortho intramolecular Hbond substituents is 1. The van der Waals surface area contributed by atoms with Crippen LogP contribution in [-0.2, 0) is 15.5 Å². The van der Waals surface area contributed by atoms with Crippen molar-refractivity contribution in [1.82, 2.24) is 4.90 Å². The normalized spacial score (nSPS) is 16.4. The molecule has 0 radical (unpaired) electrons. The number of amides is 1. The van der Waals surface area contributed by atoms with Crippen molar-refractivity contribution < 1.29 is 29.1 Å². The van der Waals surface area contributed by atoms with Gasteiger partial charge in [-0.15, -0.1) is 0 Å². The Morgan fingerprint density at radius 1 is 1.23 bits per heavy atom. The van der Waals surface area contributed by atoms with Gasteiger partial charge in [0.05, 0.1) is 14.5 Å². The van der Waals surface area contributed by atoms with Gasteiger partial charge < -0.3 is 19.8 Å². The van der Waals surface area contributed by atoms with Gasteiger partial charge in [-0.2, -0.15) is 0 Å². The summed E-state index contributed by atoms with van der Waals surface area (Å²) in [5, 5.41) is 19.5. The van der Waals surface area contributed by atoms with E-state index in [1.807, 2.05) is 12.1 Å². The molecule has 1 saturated heterocycles. The zero-order chi connectivity index (χ0) is 22.0. The summed E-state index contributed by atoms with van der Waals surface area (Å²) in [7, 11) is -1.33. The van der Waals surface area contributed by atoms with Crippen molar-refractivity contribution in [2.75, 3.05) is 13.2 Å². The molecule has 1 aliphatic heterocycles. The summed E-state index contributed by atoms with van der Waals surface area (Å²) < 4.78 is 18.7. The first-order valence-corrected chi connectivity index (χ1v) is 12.6. The third kappa shape index (κ3) is 5.02. The van der Waals surface area contributed by atoms with E-state index in [0.29, 0.717) is 46.0 Å². The van der Waals surface area contributed by atoms with Crippen LogP contribution in [0.15, 0.2) is 39.3 Å². The van der Waals surface area contributed by atoms with Crippen LogP contribution in [0.5, 0.6) is 17.2 Å². The van der Waals surface area contributed by atoms with Gasteiger partial charge >= 0.3 is 13.8 Å². The molecule has 2 aromatic rings. The van der Waals surface area contributed by atoms with Crippen LogP contribution in [-0.4, -0.2) is 46.2 Å². The van der Waals surface area contributed by atoms with Crippen LogP contribution in [0.25, 0.3) is 0 Å². The van der Waals surface area contributed by atoms with Crippen molar-refractivity contribution >= 4 is 51.5 Å². The predicted octanol–water partition coefficient (Wildman–Crippen LogP) is 5.36. The first-order chi connectivity index (χ1) is 14.2. The highest BCUT2D eigenvalue weighted by Gasteiger charge is 2.35. The molecule has 10 heteroatoms. The SMILES string of the molecule is C[P+](=O)Cc1cc(Br)c(Oc2ccc(O)c(C(=O)N3CCCC3C(=O)O)c2)c(Br)c1. The largest absolute Gasteiger partial charge is 0.507 e. The second-order valence-corrected chi connectivity index (χ2v) is 10.2. The Morgan fingerprint density at radius 2 is 1.90 bits per heavy atom. The van der Waals surface area contributed by atoms with E-state index in [2.05, 4.69) is 31.9 Å². The molecule has 1 aliphatic rings. The number of aliphatic carboxylic acids is 1. The highest BCUT2D eigenvalue weighted by molar-refractivity contribution is 9.11. The van der Waals surface area contributed by atoms with Crippen molar-refractivity contribution in [2.24, 2.45) is 0 Å². The van der Waals surface area contributed by atoms with E-state index in [4.69, 9.17) is 4.74 Å². The maximum Gasteiger partial charge on any atom is 0.340 e. The monoisotopic (exact) mass is 558 g/mol. The predicted molar refractivity (Wildman–Crippen MR) is 119 cm³/mol. The van der Waals surface area contributed by atoms with Crippen molar-refractivity contribution in [3.05, 3.63) is 50.4 Å². The molecule has 2 unspecified atom stereocenters. The fourth-order valence-corrected chi connectivity index (χ4v) is 5.49. The highest BCUT2D eigenvalue weighted by atomic mass is 79.9. The fourth-order valence-electron chi connectivity index (χ4n) is 3.35. The third-order valence-corrected chi connectivity index (χ3v) is 6.67. The summed E-state index contributed by atoms with van der Waals surface area (Å²) in [6.45, 7) is 1.98. The summed E-state index contributed by atoms with van der Waals surface area (Å²) in [5.41, 5.74) is 0.854. The van der Waals surface area contributed by atoms with Crippen LogP contribution >= 0.6 is 39.7 Å². The second kappa shape index (κ2) is 9.45. The van der Waals surface area contributed by atoms with Crippen LogP contribution in [0.3, 0.4) is 0 Å². The molecule has 158 valence electrons. The minimum Gasteiger partial charge on any atom is -0.507 e. The fraction of sp³-hybridized carbons (Fsp3) is 0.300. The molecule has 3 rings (SSSR count). The van der Waals surface area contributed by atoms with E-state index >= 15 is 0 Å². The average molecular weight is 560 g/mol. The number of ether oxygens (including phenoxy) is 1. The summed E-state index contributed by atoms with van der Waals surface area (Å²) in [5.74, 6) is -1.10. The summed E-state index contributed by atoms with van der Waals surface area (Å²) in [4.78, 5) is 25.5. The van der Waals surface area contributed by atoms with Crippen molar-refractivity contribution in [1.29, 1.82) is 0 Å². The number of carbonyl (C=O) groups is 2. The first kappa shape index (κ1) is 22.7. The number of aromatic hydroxyl groups is 1. The van der Waals surface area contributed by atoms with E-state index in [1.54, 1.807) is 6.66 Å². The number of likely N-dealkylation sites (tertiary alicyclic amines) is 1. The van der Waals surface area contributed by atoms with Gasteiger partial charge in [0.25, 0.3) is 5.91 Å². The first-order valence-electron chi connectivity index (χ1n) is 9.08. The van der Waals surface area contributed by atoms with E-state index in [-0.39, 0.29) is 11.3 Å². The zero-order valence-corrected chi connectivity index (χ0v) is 20.0. The van der Waals surface area contributed by atoms with Crippen molar-refractivity contribution in [3.8, 4) is 17.2 Å². The second-order valence-electron chi connectivity index (χ2n) is 6.95. The summed E-state index contributed by atoms with van der Waals surface area (Å²) >= 11 is 6.89. The van der Waals surface area contributed by atoms with E-state index in [1.165, 1.54) is 23.1 Å². The van der Waals surface area contributed by atoms with Gasteiger partial charge in [0.1, 0.15) is 24.2 Å². The Morgan fingerprint density at radius 3 is 2.50 bits per heavy atom. The summed E-state index contributed by atoms with van der Waals surface area (Å²) in [6, 6.07) is 6.97. The number of carbonyl (C=O) groups excluding carboxylic acids is 1. The van der Waals surface area contributed by atoms with Crippen molar-refractivity contribution in [3.63, 3.8) is 0 Å². The molecule has 30 heavy (non-hydrogen) atoms. The maximum absolute atomic E-state index is 12.9. The smallest absolute Gasteiger partial charge is 0.340 e. The zero-order valence-electron chi connectivity index (χ0n) is 16.0. The standard InChI is InChI=1S/C20H18Br2NO6P/c1-30(28)10-11-7-14(21)18(15(22)8-11)29-12-4-5-17(24)13(9-12)19(25)23-6-2-3-16(23)20(26)27/h4-5,7-9,16H,2-3,6,10H2,1H3,(H-,24,25,26,27)/p+1. The van der Waals surface area contributed by atoms with Crippen LogP contribution < -0.4 is 4.74 Å². The number of benzene rings is 2. The van der Waals surface area contributed by atoms with E-state index in [0.717, 1.165) is 5.56 Å². The molecule has 2 atom stereocenters. The lowest BCUT2D eigenvalue weighted by Gasteiger charge is -2.22. The molecule has 7 nitrogen and oxygen atoms in total. The lowest BCUT2D eigenvalue weighted by atomic mass is 10.1. The third-order valence-electron chi connectivity index (χ3n) is 4.68. The number of hydrogen-bond donors (Lipinski definition) is 2. The molecule has 0 aliphatic carbocycles. The van der Waals surface area contributed by atoms with Crippen LogP contribution in [0.4, 0.5) is 0 Å². The van der Waals surface area contributed by atoms with Crippen LogP contribution in [0.1, 0.15) is 28.8 Å². The van der Waals surface area contributed by atoms with E-state index < -0.39 is 25.7 Å². The highest BCUT2D eigenvalue weighted by Crippen LogP contribution is 2.40. The number of phenols is 1. The average Bonchev–Trinajstić information content (AvgIpc) is 3.15. The molecule has 2 N–H and O–H groups in total. The Labute approximate surface area is 191 Å². The minimum absolute atomic E-state index is 0.0208. The molecule has 1 amide bonds. The summed E-state index contributed by atoms with van der Waals surface area (Å²) in [6.07, 6.45) is 1.41. The number of carboxylic acid groups (broad SMARTS) is 1. The number of carboxylic acids is 1. The molecule has 0 spiro atoms. The van der Waals surface area contributed by atoms with Gasteiger partial charge in [-0.1, -0.05) is 4.57 Å². The van der Waals surface area contributed by atoms with Gasteiger partial charge in [-0.25, -0.2) is 4.79 Å². The minimum atomic E-state index is -1.33. The molecule has 0 saturated carbocycles. The lowest BCUT2D eigenvalue weighted by Crippen LogP contribution is -2.40. The quantitative estimate of drug-likeness (QED) is 0.462. The molecule has 1 fully saturated rings. The van der Waals surface area contributed by atoms with Gasteiger partial charge in [0.15, 0.2) is 11.9 Å². The molecular formula is C20H19Br2NO6P+.